The Balaban J connectivity index is 3.03. The van der Waals surface area contributed by atoms with Crippen LogP contribution in [-0.2, 0) is 4.74 Å². The van der Waals surface area contributed by atoms with Crippen molar-refractivity contribution in [2.75, 3.05) is 13.3 Å². The van der Waals surface area contributed by atoms with E-state index in [4.69, 9.17) is 16.2 Å². The lowest BCUT2D eigenvalue weighted by Crippen LogP contribution is -2.23. The summed E-state index contributed by atoms with van der Waals surface area (Å²) in [4.78, 5) is 3.56. The molecule has 0 aromatic heterocycles. The van der Waals surface area contributed by atoms with Crippen LogP contribution in [0.1, 0.15) is 6.92 Å². The topological polar surface area (TPSA) is 73.6 Å². The average molecular weight is 117 g/mol. The Bertz CT molecular complexity index is 77.4. The van der Waals surface area contributed by atoms with Crippen molar-refractivity contribution in [2.45, 2.75) is 6.92 Å². The average Bonchev–Trinajstić information content (AvgIpc) is 1.66. The molecule has 0 heterocycles. The first-order valence-corrected chi connectivity index (χ1v) is 2.40. The van der Waals surface area contributed by atoms with Crippen LogP contribution in [0.5, 0.6) is 0 Å². The summed E-state index contributed by atoms with van der Waals surface area (Å²) in [5, 5.41) is 0. The highest BCUT2D eigenvalue weighted by Crippen LogP contribution is 1.71. The normalized spacial score (nSPS) is 8.62. The second kappa shape index (κ2) is 4.39. The zero-order valence-electron chi connectivity index (χ0n) is 4.92. The predicted octanol–water partition coefficient (Wildman–Crippen LogP) is -0.746. The molecule has 48 valence electrons. The fourth-order valence-corrected chi connectivity index (χ4v) is 0.211. The molecule has 4 heteroatoms. The molecule has 0 unspecified atom stereocenters. The van der Waals surface area contributed by atoms with Crippen molar-refractivity contribution < 1.29 is 4.74 Å². The largest absolute Gasteiger partial charge is 0.370 e. The number of ether oxygens (including phenoxy) is 1. The smallest absolute Gasteiger partial charge is 0.188 e. The molecule has 0 aromatic rings. The lowest BCUT2D eigenvalue weighted by Gasteiger charge is -1.92. The number of hydrogen-bond acceptors (Lipinski definition) is 2. The molecule has 4 nitrogen and oxygen atoms in total. The molecule has 8 heavy (non-hydrogen) atoms. The molecule has 0 amide bonds. The summed E-state index contributed by atoms with van der Waals surface area (Å²) >= 11 is 0. The van der Waals surface area contributed by atoms with Gasteiger partial charge in [0.25, 0.3) is 0 Å². The molecule has 0 aromatic carbocycles. The van der Waals surface area contributed by atoms with Crippen LogP contribution in [0.3, 0.4) is 0 Å². The fourth-order valence-electron chi connectivity index (χ4n) is 0.211. The van der Waals surface area contributed by atoms with Gasteiger partial charge in [0.05, 0.1) is 0 Å². The first kappa shape index (κ1) is 7.23. The number of hydrogen-bond donors (Lipinski definition) is 2. The van der Waals surface area contributed by atoms with Gasteiger partial charge in [0.15, 0.2) is 5.96 Å². The Labute approximate surface area is 48.5 Å². The number of rotatable bonds is 3. The monoisotopic (exact) mass is 117 g/mol. The molecular formula is C4H11N3O. The Hall–Kier alpha value is -0.770. The van der Waals surface area contributed by atoms with E-state index in [1.165, 1.54) is 0 Å². The summed E-state index contributed by atoms with van der Waals surface area (Å²) in [7, 11) is 0. The zero-order chi connectivity index (χ0) is 6.41. The number of guanidine groups is 1. The van der Waals surface area contributed by atoms with E-state index >= 15 is 0 Å². The molecule has 0 saturated carbocycles. The molecular weight excluding hydrogens is 106 g/mol. The molecule has 0 radical (unpaired) electrons. The zero-order valence-corrected chi connectivity index (χ0v) is 4.92. The van der Waals surface area contributed by atoms with E-state index in [-0.39, 0.29) is 12.7 Å². The Morgan fingerprint density at radius 3 is 2.62 bits per heavy atom. The molecule has 0 aliphatic rings. The van der Waals surface area contributed by atoms with Gasteiger partial charge in [0.1, 0.15) is 6.73 Å². The minimum atomic E-state index is 0.0680. The van der Waals surface area contributed by atoms with Gasteiger partial charge in [-0.05, 0) is 6.92 Å². The molecule has 0 bridgehead atoms. The van der Waals surface area contributed by atoms with Crippen LogP contribution >= 0.6 is 0 Å². The Morgan fingerprint density at radius 2 is 2.25 bits per heavy atom. The fraction of sp³-hybridized carbons (Fsp3) is 0.750. The summed E-state index contributed by atoms with van der Waals surface area (Å²) in [5.74, 6) is 0.0680. The van der Waals surface area contributed by atoms with Gasteiger partial charge in [0, 0.05) is 6.61 Å². The van der Waals surface area contributed by atoms with E-state index in [0.717, 1.165) is 0 Å². The first-order valence-electron chi connectivity index (χ1n) is 2.40. The van der Waals surface area contributed by atoms with Gasteiger partial charge in [0.2, 0.25) is 0 Å². The third-order valence-corrected chi connectivity index (χ3v) is 0.543. The van der Waals surface area contributed by atoms with Crippen molar-refractivity contribution in [3.63, 3.8) is 0 Å². The molecule has 0 fully saturated rings. The van der Waals surface area contributed by atoms with E-state index in [2.05, 4.69) is 4.99 Å². The summed E-state index contributed by atoms with van der Waals surface area (Å²) < 4.78 is 4.80. The highest BCUT2D eigenvalue weighted by Gasteiger charge is 1.77. The van der Waals surface area contributed by atoms with Crippen LogP contribution in [0.2, 0.25) is 0 Å². The molecule has 0 aliphatic heterocycles. The standard InChI is InChI=1S/C4H11N3O/c1-2-8-3-7-4(5)6/h2-3H2,1H3,(H4,5,6,7). The Morgan fingerprint density at radius 1 is 1.62 bits per heavy atom. The van der Waals surface area contributed by atoms with Gasteiger partial charge in [-0.1, -0.05) is 0 Å². The minimum absolute atomic E-state index is 0.0680. The van der Waals surface area contributed by atoms with Crippen molar-refractivity contribution >= 4 is 5.96 Å². The van der Waals surface area contributed by atoms with Crippen LogP contribution in [0.25, 0.3) is 0 Å². The van der Waals surface area contributed by atoms with E-state index < -0.39 is 0 Å². The van der Waals surface area contributed by atoms with Crippen molar-refractivity contribution in [1.29, 1.82) is 0 Å². The molecule has 0 saturated heterocycles. The van der Waals surface area contributed by atoms with Crippen molar-refractivity contribution in [1.82, 2.24) is 0 Å². The van der Waals surface area contributed by atoms with Crippen LogP contribution in [0, 0.1) is 0 Å². The minimum Gasteiger partial charge on any atom is -0.370 e. The number of nitrogens with two attached hydrogens (primary N) is 2. The second-order valence-corrected chi connectivity index (χ2v) is 1.20. The molecule has 0 spiro atoms. The van der Waals surface area contributed by atoms with Crippen molar-refractivity contribution in [3.8, 4) is 0 Å². The van der Waals surface area contributed by atoms with Crippen LogP contribution in [-0.4, -0.2) is 19.3 Å². The van der Waals surface area contributed by atoms with Gasteiger partial charge < -0.3 is 16.2 Å². The van der Waals surface area contributed by atoms with Crippen LogP contribution in [0.15, 0.2) is 4.99 Å². The van der Waals surface area contributed by atoms with Gasteiger partial charge in [-0.3, -0.25) is 0 Å². The molecule has 0 atom stereocenters. The van der Waals surface area contributed by atoms with Gasteiger partial charge in [-0.2, -0.15) is 0 Å². The lowest BCUT2D eigenvalue weighted by atomic mass is 10.9. The molecule has 0 aliphatic carbocycles. The number of nitrogens with zero attached hydrogens (tertiary/aromatic N) is 1. The predicted molar refractivity (Wildman–Crippen MR) is 32.3 cm³/mol. The Kier molecular flexibility index (Phi) is 3.97. The van der Waals surface area contributed by atoms with E-state index in [1.807, 2.05) is 6.92 Å². The highest BCUT2D eigenvalue weighted by molar-refractivity contribution is 5.75. The second-order valence-electron chi connectivity index (χ2n) is 1.20. The third kappa shape index (κ3) is 5.23. The number of aliphatic imine (C=N–C) groups is 1. The van der Waals surface area contributed by atoms with Crippen molar-refractivity contribution in [3.05, 3.63) is 0 Å². The lowest BCUT2D eigenvalue weighted by molar-refractivity contribution is 0.156. The summed E-state index contributed by atoms with van der Waals surface area (Å²) in [6.45, 7) is 2.78. The van der Waals surface area contributed by atoms with E-state index in [1.54, 1.807) is 0 Å². The highest BCUT2D eigenvalue weighted by atomic mass is 16.5. The van der Waals surface area contributed by atoms with Crippen LogP contribution < -0.4 is 11.5 Å². The first-order chi connectivity index (χ1) is 3.77. The van der Waals surface area contributed by atoms with Crippen molar-refractivity contribution in [2.24, 2.45) is 16.5 Å². The maximum absolute atomic E-state index is 4.98. The summed E-state index contributed by atoms with van der Waals surface area (Å²) in [6.07, 6.45) is 0. The maximum Gasteiger partial charge on any atom is 0.188 e. The summed E-state index contributed by atoms with van der Waals surface area (Å²) in [6, 6.07) is 0. The van der Waals surface area contributed by atoms with E-state index in [0.29, 0.717) is 6.61 Å². The van der Waals surface area contributed by atoms with E-state index in [9.17, 15) is 0 Å². The van der Waals surface area contributed by atoms with Gasteiger partial charge in [-0.15, -0.1) is 0 Å². The third-order valence-electron chi connectivity index (χ3n) is 0.543. The quantitative estimate of drug-likeness (QED) is 0.290. The van der Waals surface area contributed by atoms with Gasteiger partial charge >= 0.3 is 0 Å². The maximum atomic E-state index is 4.98. The molecule has 0 rings (SSSR count). The van der Waals surface area contributed by atoms with Gasteiger partial charge in [-0.25, -0.2) is 4.99 Å². The van der Waals surface area contributed by atoms with Crippen LogP contribution in [0.4, 0.5) is 0 Å². The SMILES string of the molecule is CCOCN=C(N)N. The summed E-state index contributed by atoms with van der Waals surface area (Å²) in [5.41, 5.74) is 9.96. The molecule has 4 N–H and O–H groups in total.